The fourth-order valence-corrected chi connectivity index (χ4v) is 2.30. The van der Waals surface area contributed by atoms with Crippen LogP contribution in [0.3, 0.4) is 0 Å². The van der Waals surface area contributed by atoms with Gasteiger partial charge in [-0.1, -0.05) is 12.1 Å². The van der Waals surface area contributed by atoms with E-state index in [0.29, 0.717) is 6.61 Å². The van der Waals surface area contributed by atoms with Crippen LogP contribution in [0, 0.1) is 0 Å². The number of nitrogens with zero attached hydrogens (tertiary/aromatic N) is 2. The Balaban J connectivity index is 2.17. The number of ether oxygens (including phenoxy) is 1. The number of nitrogens with one attached hydrogen (secondary N) is 1. The van der Waals surface area contributed by atoms with Gasteiger partial charge in [-0.3, -0.25) is 0 Å². The van der Waals surface area contributed by atoms with Crippen molar-refractivity contribution in [1.82, 2.24) is 14.9 Å². The van der Waals surface area contributed by atoms with E-state index in [4.69, 9.17) is 9.72 Å². The fraction of sp³-hybridized carbons (Fsp3) is 0.562. The van der Waals surface area contributed by atoms with E-state index in [1.807, 2.05) is 6.07 Å². The lowest BCUT2D eigenvalue weighted by molar-refractivity contribution is 0.187. The normalized spacial score (nSPS) is 12.2. The SMILES string of the molecule is COCCn1c(CCNC(C)(C)C)nc2ccccc21. The van der Waals surface area contributed by atoms with Crippen molar-refractivity contribution in [2.45, 2.75) is 39.3 Å². The molecule has 0 radical (unpaired) electrons. The number of benzene rings is 1. The highest BCUT2D eigenvalue weighted by Gasteiger charge is 2.12. The van der Waals surface area contributed by atoms with Crippen molar-refractivity contribution in [3.63, 3.8) is 0 Å². The Morgan fingerprint density at radius 2 is 2.00 bits per heavy atom. The zero-order chi connectivity index (χ0) is 14.6. The molecule has 0 unspecified atom stereocenters. The van der Waals surface area contributed by atoms with E-state index in [0.717, 1.165) is 30.9 Å². The van der Waals surface area contributed by atoms with E-state index in [-0.39, 0.29) is 5.54 Å². The molecule has 0 atom stereocenters. The average Bonchev–Trinajstić information content (AvgIpc) is 2.72. The molecule has 4 nitrogen and oxygen atoms in total. The minimum Gasteiger partial charge on any atom is -0.383 e. The van der Waals surface area contributed by atoms with E-state index in [1.165, 1.54) is 5.52 Å². The number of imidazole rings is 1. The molecular weight excluding hydrogens is 250 g/mol. The van der Waals surface area contributed by atoms with E-state index in [9.17, 15) is 0 Å². The topological polar surface area (TPSA) is 39.1 Å². The van der Waals surface area contributed by atoms with Crippen LogP contribution in [0.2, 0.25) is 0 Å². The Morgan fingerprint density at radius 3 is 2.70 bits per heavy atom. The molecule has 1 aromatic carbocycles. The molecule has 110 valence electrons. The van der Waals surface area contributed by atoms with Gasteiger partial charge in [-0.15, -0.1) is 0 Å². The van der Waals surface area contributed by atoms with Crippen molar-refractivity contribution in [2.75, 3.05) is 20.3 Å². The molecule has 20 heavy (non-hydrogen) atoms. The van der Waals surface area contributed by atoms with Crippen molar-refractivity contribution >= 4 is 11.0 Å². The standard InChI is InChI=1S/C16H25N3O/c1-16(2,3)17-10-9-15-18-13-7-5-6-8-14(13)19(15)11-12-20-4/h5-8,17H,9-12H2,1-4H3. The summed E-state index contributed by atoms with van der Waals surface area (Å²) in [7, 11) is 1.74. The van der Waals surface area contributed by atoms with Crippen LogP contribution >= 0.6 is 0 Å². The molecule has 1 heterocycles. The highest BCUT2D eigenvalue weighted by Crippen LogP contribution is 2.16. The number of para-hydroxylation sites is 2. The fourth-order valence-electron chi connectivity index (χ4n) is 2.30. The lowest BCUT2D eigenvalue weighted by atomic mass is 10.1. The lowest BCUT2D eigenvalue weighted by Gasteiger charge is -2.20. The van der Waals surface area contributed by atoms with E-state index in [1.54, 1.807) is 7.11 Å². The summed E-state index contributed by atoms with van der Waals surface area (Å²) in [6.45, 7) is 9.03. The van der Waals surface area contributed by atoms with Gasteiger partial charge in [0.1, 0.15) is 5.82 Å². The van der Waals surface area contributed by atoms with Gasteiger partial charge in [-0.2, -0.15) is 0 Å². The summed E-state index contributed by atoms with van der Waals surface area (Å²) >= 11 is 0. The second-order valence-electron chi connectivity index (χ2n) is 6.09. The number of fused-ring (bicyclic) bond motifs is 1. The van der Waals surface area contributed by atoms with Crippen LogP contribution in [-0.2, 0) is 17.7 Å². The average molecular weight is 275 g/mol. The first-order valence-corrected chi connectivity index (χ1v) is 7.19. The van der Waals surface area contributed by atoms with Gasteiger partial charge in [-0.05, 0) is 32.9 Å². The van der Waals surface area contributed by atoms with Crippen LogP contribution in [0.25, 0.3) is 11.0 Å². The molecule has 0 fully saturated rings. The number of hydrogen-bond donors (Lipinski definition) is 1. The number of methoxy groups -OCH3 is 1. The molecule has 0 aliphatic carbocycles. The zero-order valence-corrected chi connectivity index (χ0v) is 12.9. The molecule has 1 aromatic heterocycles. The van der Waals surface area contributed by atoms with Crippen molar-refractivity contribution in [3.8, 4) is 0 Å². The van der Waals surface area contributed by atoms with Gasteiger partial charge in [0.05, 0.1) is 17.6 Å². The minimum absolute atomic E-state index is 0.142. The molecule has 1 N–H and O–H groups in total. The third-order valence-electron chi connectivity index (χ3n) is 3.26. The maximum atomic E-state index is 5.21. The van der Waals surface area contributed by atoms with Gasteiger partial charge < -0.3 is 14.6 Å². The van der Waals surface area contributed by atoms with Crippen molar-refractivity contribution < 1.29 is 4.74 Å². The van der Waals surface area contributed by atoms with Gasteiger partial charge >= 0.3 is 0 Å². The second kappa shape index (κ2) is 6.37. The Hall–Kier alpha value is -1.39. The summed E-state index contributed by atoms with van der Waals surface area (Å²) in [5.74, 6) is 1.13. The third kappa shape index (κ3) is 3.81. The maximum absolute atomic E-state index is 5.21. The Kier molecular flexibility index (Phi) is 4.78. The van der Waals surface area contributed by atoms with Crippen LogP contribution in [0.4, 0.5) is 0 Å². The quantitative estimate of drug-likeness (QED) is 0.881. The predicted molar refractivity (Wildman–Crippen MR) is 83.1 cm³/mol. The monoisotopic (exact) mass is 275 g/mol. The van der Waals surface area contributed by atoms with Gasteiger partial charge in [0.25, 0.3) is 0 Å². The molecular formula is C16H25N3O. The molecule has 0 aliphatic heterocycles. The number of hydrogen-bond acceptors (Lipinski definition) is 3. The summed E-state index contributed by atoms with van der Waals surface area (Å²) in [6.07, 6.45) is 0.926. The maximum Gasteiger partial charge on any atom is 0.111 e. The summed E-state index contributed by atoms with van der Waals surface area (Å²) < 4.78 is 7.48. The largest absolute Gasteiger partial charge is 0.383 e. The molecule has 0 spiro atoms. The number of rotatable bonds is 6. The van der Waals surface area contributed by atoms with Gasteiger partial charge in [0, 0.05) is 32.2 Å². The Labute approximate surface area is 121 Å². The molecule has 2 rings (SSSR count). The summed E-state index contributed by atoms with van der Waals surface area (Å²) in [5.41, 5.74) is 2.40. The summed E-state index contributed by atoms with van der Waals surface area (Å²) in [4.78, 5) is 4.75. The molecule has 0 aliphatic rings. The van der Waals surface area contributed by atoms with Crippen LogP contribution in [0.1, 0.15) is 26.6 Å². The lowest BCUT2D eigenvalue weighted by Crippen LogP contribution is -2.37. The van der Waals surface area contributed by atoms with Gasteiger partial charge in [0.15, 0.2) is 0 Å². The molecule has 2 aromatic rings. The van der Waals surface area contributed by atoms with Crippen LogP contribution < -0.4 is 5.32 Å². The summed E-state index contributed by atoms with van der Waals surface area (Å²) in [6, 6.07) is 8.29. The molecule has 0 bridgehead atoms. The molecule has 4 heteroatoms. The van der Waals surface area contributed by atoms with E-state index < -0.39 is 0 Å². The van der Waals surface area contributed by atoms with Gasteiger partial charge in [0.2, 0.25) is 0 Å². The second-order valence-corrected chi connectivity index (χ2v) is 6.09. The van der Waals surface area contributed by atoms with E-state index in [2.05, 4.69) is 48.9 Å². The minimum atomic E-state index is 0.142. The zero-order valence-electron chi connectivity index (χ0n) is 12.9. The molecule has 0 saturated carbocycles. The third-order valence-corrected chi connectivity index (χ3v) is 3.26. The van der Waals surface area contributed by atoms with Crippen molar-refractivity contribution in [1.29, 1.82) is 0 Å². The molecule has 0 saturated heterocycles. The predicted octanol–water partition coefficient (Wildman–Crippen LogP) is 2.61. The van der Waals surface area contributed by atoms with Gasteiger partial charge in [-0.25, -0.2) is 4.98 Å². The van der Waals surface area contributed by atoms with Crippen LogP contribution in [-0.4, -0.2) is 35.4 Å². The highest BCUT2D eigenvalue weighted by atomic mass is 16.5. The highest BCUT2D eigenvalue weighted by molar-refractivity contribution is 5.75. The van der Waals surface area contributed by atoms with Crippen LogP contribution in [0.5, 0.6) is 0 Å². The summed E-state index contributed by atoms with van der Waals surface area (Å²) in [5, 5.41) is 3.51. The van der Waals surface area contributed by atoms with Crippen LogP contribution in [0.15, 0.2) is 24.3 Å². The Morgan fingerprint density at radius 1 is 1.25 bits per heavy atom. The number of aromatic nitrogens is 2. The smallest absolute Gasteiger partial charge is 0.111 e. The van der Waals surface area contributed by atoms with Crippen molar-refractivity contribution in [3.05, 3.63) is 30.1 Å². The molecule has 0 amide bonds. The van der Waals surface area contributed by atoms with Crippen molar-refractivity contribution in [2.24, 2.45) is 0 Å². The Bertz CT molecular complexity index is 554. The first kappa shape index (κ1) is 15.0. The first-order chi connectivity index (χ1) is 9.51. The van der Waals surface area contributed by atoms with E-state index >= 15 is 0 Å². The first-order valence-electron chi connectivity index (χ1n) is 7.19.